The SMILES string of the molecule is CC(C)Oc1ccccc1CC(=O)NCC(O)c1ccc(F)cc1. The summed E-state index contributed by atoms with van der Waals surface area (Å²) in [6.07, 6.45) is -0.690. The number of aliphatic hydroxyl groups is 1. The van der Waals surface area contributed by atoms with Gasteiger partial charge in [0.1, 0.15) is 11.6 Å². The van der Waals surface area contributed by atoms with Gasteiger partial charge in [-0.05, 0) is 37.6 Å². The molecule has 1 atom stereocenters. The molecule has 0 aliphatic rings. The van der Waals surface area contributed by atoms with Crippen LogP contribution in [-0.2, 0) is 11.2 Å². The normalized spacial score (nSPS) is 12.0. The summed E-state index contributed by atoms with van der Waals surface area (Å²) in [6.45, 7) is 3.92. The quantitative estimate of drug-likeness (QED) is 0.820. The molecule has 0 bridgehead atoms. The van der Waals surface area contributed by atoms with Gasteiger partial charge in [-0.15, -0.1) is 0 Å². The Morgan fingerprint density at radius 2 is 1.83 bits per heavy atom. The summed E-state index contributed by atoms with van der Waals surface area (Å²) in [5.74, 6) is 0.106. The maximum Gasteiger partial charge on any atom is 0.224 e. The first-order valence-corrected chi connectivity index (χ1v) is 7.90. The molecule has 4 nitrogen and oxygen atoms in total. The summed E-state index contributed by atoms with van der Waals surface area (Å²) >= 11 is 0. The summed E-state index contributed by atoms with van der Waals surface area (Å²) < 4.78 is 18.6. The number of rotatable bonds is 7. The first kappa shape index (κ1) is 17.9. The summed E-state index contributed by atoms with van der Waals surface area (Å²) in [4.78, 5) is 12.1. The molecule has 0 aliphatic heterocycles. The number of nitrogens with one attached hydrogen (secondary N) is 1. The van der Waals surface area contributed by atoms with Crippen molar-refractivity contribution < 1.29 is 19.0 Å². The molecule has 2 N–H and O–H groups in total. The van der Waals surface area contributed by atoms with Crippen molar-refractivity contribution in [3.8, 4) is 5.75 Å². The lowest BCUT2D eigenvalue weighted by molar-refractivity contribution is -0.120. The lowest BCUT2D eigenvalue weighted by Crippen LogP contribution is -2.29. The molecule has 24 heavy (non-hydrogen) atoms. The van der Waals surface area contributed by atoms with E-state index >= 15 is 0 Å². The van der Waals surface area contributed by atoms with Crippen molar-refractivity contribution in [2.45, 2.75) is 32.5 Å². The van der Waals surface area contributed by atoms with E-state index in [1.165, 1.54) is 24.3 Å². The maximum absolute atomic E-state index is 12.9. The molecule has 2 aromatic rings. The molecule has 1 unspecified atom stereocenters. The van der Waals surface area contributed by atoms with Crippen molar-refractivity contribution in [1.82, 2.24) is 5.32 Å². The smallest absolute Gasteiger partial charge is 0.224 e. The van der Waals surface area contributed by atoms with E-state index in [4.69, 9.17) is 4.74 Å². The van der Waals surface area contributed by atoms with Crippen LogP contribution in [0.3, 0.4) is 0 Å². The number of halogens is 1. The van der Waals surface area contributed by atoms with E-state index in [1.54, 1.807) is 0 Å². The first-order valence-electron chi connectivity index (χ1n) is 7.90. The van der Waals surface area contributed by atoms with Crippen molar-refractivity contribution in [3.63, 3.8) is 0 Å². The highest BCUT2D eigenvalue weighted by molar-refractivity contribution is 5.79. The molecule has 0 saturated carbocycles. The highest BCUT2D eigenvalue weighted by atomic mass is 19.1. The van der Waals surface area contributed by atoms with E-state index < -0.39 is 6.10 Å². The number of aliphatic hydroxyl groups excluding tert-OH is 1. The van der Waals surface area contributed by atoms with Crippen molar-refractivity contribution in [2.75, 3.05) is 6.54 Å². The minimum atomic E-state index is -0.878. The van der Waals surface area contributed by atoms with E-state index in [9.17, 15) is 14.3 Å². The maximum atomic E-state index is 12.9. The standard InChI is InChI=1S/C19H22FNO3/c1-13(2)24-18-6-4-3-5-15(18)11-19(23)21-12-17(22)14-7-9-16(20)10-8-14/h3-10,13,17,22H,11-12H2,1-2H3,(H,21,23). The average molecular weight is 331 g/mol. The van der Waals surface area contributed by atoms with Crippen LogP contribution in [0.2, 0.25) is 0 Å². The third kappa shape index (κ3) is 5.35. The molecular formula is C19H22FNO3. The van der Waals surface area contributed by atoms with Crippen LogP contribution in [0.25, 0.3) is 0 Å². The Balaban J connectivity index is 1.90. The van der Waals surface area contributed by atoms with E-state index in [1.807, 2.05) is 38.1 Å². The molecule has 0 spiro atoms. The van der Waals surface area contributed by atoms with Crippen LogP contribution in [0.1, 0.15) is 31.1 Å². The van der Waals surface area contributed by atoms with Gasteiger partial charge in [-0.3, -0.25) is 4.79 Å². The van der Waals surface area contributed by atoms with Crippen LogP contribution in [0, 0.1) is 5.82 Å². The molecule has 0 fully saturated rings. The number of hydrogen-bond acceptors (Lipinski definition) is 3. The number of carbonyl (C=O) groups is 1. The zero-order chi connectivity index (χ0) is 17.5. The van der Waals surface area contributed by atoms with E-state index in [0.717, 1.165) is 5.56 Å². The van der Waals surface area contributed by atoms with E-state index in [0.29, 0.717) is 11.3 Å². The van der Waals surface area contributed by atoms with Gasteiger partial charge in [-0.1, -0.05) is 30.3 Å². The molecule has 0 aliphatic carbocycles. The summed E-state index contributed by atoms with van der Waals surface area (Å²) in [5, 5.41) is 12.7. The molecule has 128 valence electrons. The van der Waals surface area contributed by atoms with Gasteiger partial charge in [0.2, 0.25) is 5.91 Å². The minimum absolute atomic E-state index is 0.0227. The highest BCUT2D eigenvalue weighted by Crippen LogP contribution is 2.20. The molecule has 1 amide bonds. The van der Waals surface area contributed by atoms with Crippen LogP contribution in [0.15, 0.2) is 48.5 Å². The zero-order valence-corrected chi connectivity index (χ0v) is 13.8. The Kier molecular flexibility index (Phi) is 6.32. The lowest BCUT2D eigenvalue weighted by Gasteiger charge is -2.15. The van der Waals surface area contributed by atoms with Crippen molar-refractivity contribution in [3.05, 3.63) is 65.5 Å². The molecule has 0 radical (unpaired) electrons. The Labute approximate surface area is 141 Å². The van der Waals surface area contributed by atoms with Crippen molar-refractivity contribution in [1.29, 1.82) is 0 Å². The lowest BCUT2D eigenvalue weighted by atomic mass is 10.1. The number of carbonyl (C=O) groups excluding carboxylic acids is 1. The van der Waals surface area contributed by atoms with E-state index in [-0.39, 0.29) is 30.8 Å². The molecular weight excluding hydrogens is 309 g/mol. The largest absolute Gasteiger partial charge is 0.491 e. The second kappa shape index (κ2) is 8.45. The summed E-state index contributed by atoms with van der Waals surface area (Å²) in [7, 11) is 0. The number of ether oxygens (including phenoxy) is 1. The first-order chi connectivity index (χ1) is 11.5. The third-order valence-electron chi connectivity index (χ3n) is 3.43. The molecule has 0 aromatic heterocycles. The molecule has 2 aromatic carbocycles. The van der Waals surface area contributed by atoms with Crippen molar-refractivity contribution >= 4 is 5.91 Å². The molecule has 2 rings (SSSR count). The van der Waals surface area contributed by atoms with Gasteiger partial charge in [0.25, 0.3) is 0 Å². The van der Waals surface area contributed by atoms with Gasteiger partial charge in [-0.2, -0.15) is 0 Å². The monoisotopic (exact) mass is 331 g/mol. The second-order valence-corrected chi connectivity index (χ2v) is 5.82. The van der Waals surface area contributed by atoms with Gasteiger partial charge in [0, 0.05) is 12.1 Å². The Morgan fingerprint density at radius 3 is 2.50 bits per heavy atom. The van der Waals surface area contributed by atoms with Gasteiger partial charge in [0.15, 0.2) is 0 Å². The fourth-order valence-electron chi connectivity index (χ4n) is 2.27. The molecule has 5 heteroatoms. The number of para-hydroxylation sites is 1. The predicted molar refractivity (Wildman–Crippen MR) is 90.3 cm³/mol. The van der Waals surface area contributed by atoms with Crippen molar-refractivity contribution in [2.24, 2.45) is 0 Å². The Morgan fingerprint density at radius 1 is 1.17 bits per heavy atom. The second-order valence-electron chi connectivity index (χ2n) is 5.82. The molecule has 0 heterocycles. The Hall–Kier alpha value is -2.40. The van der Waals surface area contributed by atoms with Crippen LogP contribution in [0.5, 0.6) is 5.75 Å². The summed E-state index contributed by atoms with van der Waals surface area (Å²) in [6, 6.07) is 12.9. The Bertz CT molecular complexity index is 671. The average Bonchev–Trinajstić information content (AvgIpc) is 2.54. The van der Waals surface area contributed by atoms with Gasteiger partial charge in [0.05, 0.1) is 18.6 Å². The number of benzene rings is 2. The predicted octanol–water partition coefficient (Wildman–Crippen LogP) is 3.01. The summed E-state index contributed by atoms with van der Waals surface area (Å²) in [5.41, 5.74) is 1.35. The highest BCUT2D eigenvalue weighted by Gasteiger charge is 2.12. The third-order valence-corrected chi connectivity index (χ3v) is 3.43. The fourth-order valence-corrected chi connectivity index (χ4v) is 2.27. The topological polar surface area (TPSA) is 58.6 Å². The van der Waals surface area contributed by atoms with Crippen LogP contribution >= 0.6 is 0 Å². The minimum Gasteiger partial charge on any atom is -0.491 e. The van der Waals surface area contributed by atoms with Crippen LogP contribution in [-0.4, -0.2) is 23.7 Å². The molecule has 0 saturated heterocycles. The van der Waals surface area contributed by atoms with Gasteiger partial charge in [-0.25, -0.2) is 4.39 Å². The van der Waals surface area contributed by atoms with E-state index in [2.05, 4.69) is 5.32 Å². The van der Waals surface area contributed by atoms with Gasteiger partial charge >= 0.3 is 0 Å². The number of hydrogen-bond donors (Lipinski definition) is 2. The number of amides is 1. The van der Waals surface area contributed by atoms with Gasteiger partial charge < -0.3 is 15.2 Å². The van der Waals surface area contributed by atoms with Crippen LogP contribution in [0.4, 0.5) is 4.39 Å². The zero-order valence-electron chi connectivity index (χ0n) is 13.8. The fraction of sp³-hybridized carbons (Fsp3) is 0.316. The van der Waals surface area contributed by atoms with Crippen LogP contribution < -0.4 is 10.1 Å².